The lowest BCUT2D eigenvalue weighted by Gasteiger charge is -2.26. The molecule has 0 bridgehead atoms. The van der Waals surface area contributed by atoms with Crippen LogP contribution in [-0.2, 0) is 0 Å². The Bertz CT molecular complexity index is 411. The molecule has 1 saturated carbocycles. The quantitative estimate of drug-likeness (QED) is 0.898. The van der Waals surface area contributed by atoms with Crippen LogP contribution in [0.25, 0.3) is 0 Å². The lowest BCUT2D eigenvalue weighted by atomic mass is 9.83. The molecule has 1 aliphatic carbocycles. The number of hydrogen-bond donors (Lipinski definition) is 1. The Morgan fingerprint density at radius 2 is 1.94 bits per heavy atom. The maximum Gasteiger partial charge on any atom is 0.252 e. The van der Waals surface area contributed by atoms with Crippen molar-refractivity contribution in [3.05, 3.63) is 34.3 Å². The van der Waals surface area contributed by atoms with Gasteiger partial charge in [0.1, 0.15) is 0 Å². The summed E-state index contributed by atoms with van der Waals surface area (Å²) in [4.78, 5) is 12.0. The van der Waals surface area contributed by atoms with Gasteiger partial charge >= 0.3 is 0 Å². The van der Waals surface area contributed by atoms with Crippen LogP contribution in [-0.4, -0.2) is 12.5 Å². The van der Waals surface area contributed by atoms with Gasteiger partial charge in [0.25, 0.3) is 5.91 Å². The van der Waals surface area contributed by atoms with Crippen LogP contribution >= 0.6 is 15.9 Å². The molecule has 1 N–H and O–H groups in total. The number of rotatable bonds is 3. The average molecular weight is 310 g/mol. The first kappa shape index (κ1) is 13.6. The molecule has 0 spiro atoms. The predicted molar refractivity (Wildman–Crippen MR) is 77.6 cm³/mol. The van der Waals surface area contributed by atoms with Crippen molar-refractivity contribution in [2.75, 3.05) is 6.54 Å². The first-order chi connectivity index (χ1) is 8.66. The van der Waals surface area contributed by atoms with Crippen LogP contribution in [0, 0.1) is 11.8 Å². The topological polar surface area (TPSA) is 29.1 Å². The smallest absolute Gasteiger partial charge is 0.252 e. The molecule has 0 radical (unpaired) electrons. The Kier molecular flexibility index (Phi) is 4.81. The molecule has 1 aromatic carbocycles. The fourth-order valence-corrected chi connectivity index (χ4v) is 2.98. The van der Waals surface area contributed by atoms with Gasteiger partial charge in [-0.2, -0.15) is 0 Å². The van der Waals surface area contributed by atoms with Crippen molar-refractivity contribution in [1.29, 1.82) is 0 Å². The van der Waals surface area contributed by atoms with E-state index < -0.39 is 0 Å². The van der Waals surface area contributed by atoms with Crippen LogP contribution in [0.4, 0.5) is 0 Å². The van der Waals surface area contributed by atoms with E-state index in [0.717, 1.165) is 22.5 Å². The molecule has 18 heavy (non-hydrogen) atoms. The molecule has 0 saturated heterocycles. The van der Waals surface area contributed by atoms with Gasteiger partial charge in [-0.25, -0.2) is 0 Å². The van der Waals surface area contributed by atoms with Crippen LogP contribution in [0.2, 0.25) is 0 Å². The van der Waals surface area contributed by atoms with Gasteiger partial charge < -0.3 is 5.32 Å². The molecule has 1 aromatic rings. The van der Waals surface area contributed by atoms with Gasteiger partial charge in [-0.1, -0.05) is 31.9 Å². The zero-order valence-electron chi connectivity index (χ0n) is 10.8. The monoisotopic (exact) mass is 309 g/mol. The predicted octanol–water partition coefficient (Wildman–Crippen LogP) is 4.01. The van der Waals surface area contributed by atoms with Crippen LogP contribution < -0.4 is 5.32 Å². The second-order valence-electron chi connectivity index (χ2n) is 5.32. The number of amides is 1. The van der Waals surface area contributed by atoms with E-state index in [1.807, 2.05) is 24.3 Å². The van der Waals surface area contributed by atoms with Gasteiger partial charge in [0.2, 0.25) is 0 Å². The van der Waals surface area contributed by atoms with E-state index >= 15 is 0 Å². The minimum Gasteiger partial charge on any atom is -0.352 e. The summed E-state index contributed by atoms with van der Waals surface area (Å²) in [6.07, 6.45) is 5.10. The third kappa shape index (κ3) is 3.58. The number of carbonyl (C=O) groups is 1. The number of benzene rings is 1. The Morgan fingerprint density at radius 1 is 1.28 bits per heavy atom. The van der Waals surface area contributed by atoms with Gasteiger partial charge in [-0.05, 0) is 52.7 Å². The summed E-state index contributed by atoms with van der Waals surface area (Å²) >= 11 is 3.41. The zero-order valence-corrected chi connectivity index (χ0v) is 12.4. The summed E-state index contributed by atoms with van der Waals surface area (Å²) in [7, 11) is 0. The van der Waals surface area contributed by atoms with Gasteiger partial charge in [-0.3, -0.25) is 4.79 Å². The third-order valence-corrected chi connectivity index (χ3v) is 4.50. The van der Waals surface area contributed by atoms with Gasteiger partial charge in [0, 0.05) is 11.0 Å². The molecule has 2 rings (SSSR count). The van der Waals surface area contributed by atoms with E-state index in [2.05, 4.69) is 28.2 Å². The summed E-state index contributed by atoms with van der Waals surface area (Å²) < 4.78 is 0.861. The van der Waals surface area contributed by atoms with Crippen molar-refractivity contribution < 1.29 is 4.79 Å². The minimum atomic E-state index is 0.0288. The SMILES string of the molecule is CC1CCC(CNC(=O)c2ccccc2Br)CC1. The average Bonchev–Trinajstić information content (AvgIpc) is 2.38. The Hall–Kier alpha value is -0.830. The highest BCUT2D eigenvalue weighted by atomic mass is 79.9. The number of nitrogens with one attached hydrogen (secondary N) is 1. The van der Waals surface area contributed by atoms with E-state index in [1.165, 1.54) is 25.7 Å². The highest BCUT2D eigenvalue weighted by Crippen LogP contribution is 2.27. The minimum absolute atomic E-state index is 0.0288. The van der Waals surface area contributed by atoms with Crippen molar-refractivity contribution in [1.82, 2.24) is 5.32 Å². The third-order valence-electron chi connectivity index (χ3n) is 3.81. The number of hydrogen-bond acceptors (Lipinski definition) is 1. The second-order valence-corrected chi connectivity index (χ2v) is 6.17. The molecule has 1 fully saturated rings. The van der Waals surface area contributed by atoms with Crippen molar-refractivity contribution in [3.8, 4) is 0 Å². The molecule has 2 nitrogen and oxygen atoms in total. The van der Waals surface area contributed by atoms with Gasteiger partial charge in [0.05, 0.1) is 5.56 Å². The first-order valence-electron chi connectivity index (χ1n) is 6.69. The molecular weight excluding hydrogens is 290 g/mol. The molecule has 3 heteroatoms. The number of halogens is 1. The van der Waals surface area contributed by atoms with E-state index in [0.29, 0.717) is 5.92 Å². The molecular formula is C15H20BrNO. The van der Waals surface area contributed by atoms with Crippen LogP contribution in [0.15, 0.2) is 28.7 Å². The van der Waals surface area contributed by atoms with Crippen LogP contribution in [0.5, 0.6) is 0 Å². The summed E-state index contributed by atoms with van der Waals surface area (Å²) in [5.74, 6) is 1.55. The summed E-state index contributed by atoms with van der Waals surface area (Å²) in [6, 6.07) is 7.56. The van der Waals surface area contributed by atoms with Crippen molar-refractivity contribution in [2.24, 2.45) is 11.8 Å². The van der Waals surface area contributed by atoms with Gasteiger partial charge in [-0.15, -0.1) is 0 Å². The zero-order chi connectivity index (χ0) is 13.0. The maximum absolute atomic E-state index is 12.0. The number of carbonyl (C=O) groups excluding carboxylic acids is 1. The fraction of sp³-hybridized carbons (Fsp3) is 0.533. The molecule has 0 atom stereocenters. The van der Waals surface area contributed by atoms with Crippen LogP contribution in [0.1, 0.15) is 43.0 Å². The lowest BCUT2D eigenvalue weighted by molar-refractivity contribution is 0.0941. The van der Waals surface area contributed by atoms with Crippen molar-refractivity contribution in [2.45, 2.75) is 32.6 Å². The summed E-state index contributed by atoms with van der Waals surface area (Å²) in [5.41, 5.74) is 0.724. The standard InChI is InChI=1S/C15H20BrNO/c1-11-6-8-12(9-7-11)10-17-15(18)13-4-2-3-5-14(13)16/h2-5,11-12H,6-10H2,1H3,(H,17,18). The summed E-state index contributed by atoms with van der Waals surface area (Å²) in [6.45, 7) is 3.13. The molecule has 1 amide bonds. The van der Waals surface area contributed by atoms with Crippen LogP contribution in [0.3, 0.4) is 0 Å². The van der Waals surface area contributed by atoms with Gasteiger partial charge in [0.15, 0.2) is 0 Å². The summed E-state index contributed by atoms with van der Waals surface area (Å²) in [5, 5.41) is 3.06. The molecule has 0 unspecified atom stereocenters. The largest absolute Gasteiger partial charge is 0.352 e. The van der Waals surface area contributed by atoms with E-state index in [9.17, 15) is 4.79 Å². The van der Waals surface area contributed by atoms with Crippen molar-refractivity contribution >= 4 is 21.8 Å². The van der Waals surface area contributed by atoms with E-state index in [-0.39, 0.29) is 5.91 Å². The Balaban J connectivity index is 1.84. The van der Waals surface area contributed by atoms with E-state index in [4.69, 9.17) is 0 Å². The maximum atomic E-state index is 12.0. The molecule has 0 heterocycles. The Morgan fingerprint density at radius 3 is 2.61 bits per heavy atom. The molecule has 0 aromatic heterocycles. The first-order valence-corrected chi connectivity index (χ1v) is 7.49. The van der Waals surface area contributed by atoms with Crippen molar-refractivity contribution in [3.63, 3.8) is 0 Å². The Labute approximate surface area is 117 Å². The molecule has 0 aliphatic heterocycles. The van der Waals surface area contributed by atoms with E-state index in [1.54, 1.807) is 0 Å². The fourth-order valence-electron chi connectivity index (χ4n) is 2.51. The normalized spacial score (nSPS) is 23.7. The lowest BCUT2D eigenvalue weighted by Crippen LogP contribution is -2.31. The molecule has 98 valence electrons. The highest BCUT2D eigenvalue weighted by Gasteiger charge is 2.19. The second kappa shape index (κ2) is 6.37. The highest BCUT2D eigenvalue weighted by molar-refractivity contribution is 9.10. The molecule has 1 aliphatic rings.